The second kappa shape index (κ2) is 18.5. The molecule has 0 aliphatic rings. The maximum absolute atomic E-state index is 8.61. The standard InChI is InChI=1S/C34H29N2O.C23H26NSi.Ir/c1-21-16-22(2)32(23(3)17-21)24-14-15-35-29(18-24)27-13-9-12-26-28-19-31(36-20-30(28)37-33(26)27)34(4,5)25-10-7-6-8-11-25;1-17(2)21-15-22(24-16-23(21)25(3,4)5)20-13-9-12-19(14-20)18-10-7-6-8-11-18;/h6-12,14-20H,1-5H3;6-12,14-17H,1-5H3;/q2*-1;/i;17D;. The molecule has 0 atom stereocenters. The van der Waals surface area contributed by atoms with Crippen LogP contribution >= 0.6 is 0 Å². The van der Waals surface area contributed by atoms with Gasteiger partial charge in [0.25, 0.3) is 0 Å². The van der Waals surface area contributed by atoms with Crippen LogP contribution in [-0.2, 0) is 25.5 Å². The van der Waals surface area contributed by atoms with Crippen molar-refractivity contribution < 1.29 is 25.9 Å². The summed E-state index contributed by atoms with van der Waals surface area (Å²) < 4.78 is 15.0. The Morgan fingerprint density at radius 1 is 0.667 bits per heavy atom. The Balaban J connectivity index is 0.000000201. The molecule has 0 aliphatic heterocycles. The molecule has 0 bridgehead atoms. The Morgan fingerprint density at radius 3 is 2.03 bits per heavy atom. The quantitative estimate of drug-likeness (QED) is 0.112. The minimum atomic E-state index is -1.57. The summed E-state index contributed by atoms with van der Waals surface area (Å²) >= 11 is 0. The Bertz CT molecular complexity index is 3070. The Kier molecular flexibility index (Phi) is 12.9. The van der Waals surface area contributed by atoms with E-state index in [1.807, 2.05) is 68.8 Å². The van der Waals surface area contributed by atoms with Crippen LogP contribution in [0.15, 0.2) is 150 Å². The predicted octanol–water partition coefficient (Wildman–Crippen LogP) is 14.6. The molecule has 0 fully saturated rings. The predicted molar refractivity (Wildman–Crippen MR) is 263 cm³/mol. The van der Waals surface area contributed by atoms with Crippen molar-refractivity contribution in [1.82, 2.24) is 15.0 Å². The van der Waals surface area contributed by atoms with Crippen LogP contribution in [0, 0.1) is 32.9 Å². The smallest absolute Gasteiger partial charge is 0.139 e. The first-order valence-electron chi connectivity index (χ1n) is 21.9. The zero-order chi connectivity index (χ0) is 44.7. The molecule has 5 aromatic carbocycles. The van der Waals surface area contributed by atoms with Crippen molar-refractivity contribution >= 4 is 35.2 Å². The van der Waals surface area contributed by atoms with Gasteiger partial charge >= 0.3 is 0 Å². The van der Waals surface area contributed by atoms with Crippen molar-refractivity contribution in [3.05, 3.63) is 192 Å². The van der Waals surface area contributed by atoms with E-state index in [-0.39, 0.29) is 25.5 Å². The molecular formula is C57H55IrN3OSi-2. The first-order valence-corrected chi connectivity index (χ1v) is 24.9. The Morgan fingerprint density at radius 2 is 1.35 bits per heavy atom. The van der Waals surface area contributed by atoms with Crippen molar-refractivity contribution in [3.63, 3.8) is 0 Å². The number of aromatic nitrogens is 3. The van der Waals surface area contributed by atoms with Gasteiger partial charge in [-0.15, -0.1) is 53.6 Å². The van der Waals surface area contributed by atoms with Gasteiger partial charge in [0.1, 0.15) is 5.58 Å². The van der Waals surface area contributed by atoms with Gasteiger partial charge in [0.05, 0.1) is 25.5 Å². The summed E-state index contributed by atoms with van der Waals surface area (Å²) in [5.74, 6) is -0.648. The van der Waals surface area contributed by atoms with Crippen molar-refractivity contribution in [3.8, 4) is 44.8 Å². The van der Waals surface area contributed by atoms with Crippen LogP contribution in [0.4, 0.5) is 0 Å². The average molecular weight is 1020 g/mol. The number of fused-ring (bicyclic) bond motifs is 3. The van der Waals surface area contributed by atoms with E-state index in [0.717, 1.165) is 66.8 Å². The van der Waals surface area contributed by atoms with Crippen LogP contribution in [-0.4, -0.2) is 23.0 Å². The van der Waals surface area contributed by atoms with Gasteiger partial charge in [-0.3, -0.25) is 4.98 Å². The number of rotatable bonds is 8. The van der Waals surface area contributed by atoms with E-state index >= 15 is 0 Å². The summed E-state index contributed by atoms with van der Waals surface area (Å²) in [6.45, 7) is 21.7. The Hall–Kier alpha value is -5.78. The molecule has 6 heteroatoms. The van der Waals surface area contributed by atoms with E-state index in [9.17, 15) is 0 Å². The van der Waals surface area contributed by atoms with E-state index in [0.29, 0.717) is 0 Å². The summed E-state index contributed by atoms with van der Waals surface area (Å²) in [4.78, 5) is 14.3. The van der Waals surface area contributed by atoms with Crippen LogP contribution < -0.4 is 5.19 Å². The summed E-state index contributed by atoms with van der Waals surface area (Å²) in [5, 5.41) is 3.37. The first kappa shape index (κ1) is 43.8. The summed E-state index contributed by atoms with van der Waals surface area (Å²) in [7, 11) is -1.57. The SMILES string of the molecule is Cc1cc(C)c(-c2ccnc(-c3[c-]ccc4c3oc3cnc(C(C)(C)c5ccccc5)cc34)c2)c(C)c1.[2H]C(C)(C)c1cc(-c2[c-]ccc(-c3ccccc3)c2)ncc1[Si](C)(C)C.[Ir]. The molecule has 4 aromatic heterocycles. The number of hydrogen-bond acceptors (Lipinski definition) is 4. The van der Waals surface area contributed by atoms with Gasteiger partial charge in [-0.2, -0.15) is 0 Å². The molecule has 319 valence electrons. The fourth-order valence-corrected chi connectivity index (χ4v) is 10.2. The molecule has 4 nitrogen and oxygen atoms in total. The number of nitrogens with zero attached hydrogens (tertiary/aromatic N) is 3. The molecule has 0 unspecified atom stereocenters. The molecule has 0 saturated heterocycles. The number of hydrogen-bond donors (Lipinski definition) is 0. The van der Waals surface area contributed by atoms with E-state index in [1.165, 1.54) is 38.6 Å². The first-order chi connectivity index (χ1) is 30.0. The van der Waals surface area contributed by atoms with Gasteiger partial charge in [-0.1, -0.05) is 154 Å². The topological polar surface area (TPSA) is 51.8 Å². The third-order valence-corrected chi connectivity index (χ3v) is 13.9. The fraction of sp³-hybridized carbons (Fsp3) is 0.211. The zero-order valence-corrected chi connectivity index (χ0v) is 41.3. The van der Waals surface area contributed by atoms with Crippen LogP contribution in [0.1, 0.15) is 68.5 Å². The molecule has 4 heterocycles. The second-order valence-corrected chi connectivity index (χ2v) is 23.2. The van der Waals surface area contributed by atoms with Gasteiger partial charge < -0.3 is 14.4 Å². The third-order valence-electron chi connectivity index (χ3n) is 11.9. The van der Waals surface area contributed by atoms with Crippen LogP contribution in [0.2, 0.25) is 19.6 Å². The molecule has 0 N–H and O–H groups in total. The normalized spacial score (nSPS) is 12.1. The summed E-state index contributed by atoms with van der Waals surface area (Å²) in [5.41, 5.74) is 16.8. The summed E-state index contributed by atoms with van der Waals surface area (Å²) in [6.07, 6.45) is 5.72. The minimum Gasteiger partial charge on any atom is -0.499 e. The fourth-order valence-electron chi connectivity index (χ4n) is 8.58. The number of benzene rings is 5. The van der Waals surface area contributed by atoms with Gasteiger partial charge in [0.15, 0.2) is 0 Å². The number of pyridine rings is 3. The molecule has 1 radical (unpaired) electrons. The van der Waals surface area contributed by atoms with Crippen LogP contribution in [0.5, 0.6) is 0 Å². The minimum absolute atomic E-state index is 0. The van der Waals surface area contributed by atoms with Crippen LogP contribution in [0.25, 0.3) is 66.7 Å². The third kappa shape index (κ3) is 9.45. The van der Waals surface area contributed by atoms with Crippen molar-refractivity contribution in [2.24, 2.45) is 0 Å². The molecule has 63 heavy (non-hydrogen) atoms. The van der Waals surface area contributed by atoms with Gasteiger partial charge in [-0.05, 0) is 88.8 Å². The monoisotopic (exact) mass is 1020 g/mol. The molecule has 0 spiro atoms. The van der Waals surface area contributed by atoms with E-state index in [1.54, 1.807) is 0 Å². The molecule has 0 amide bonds. The molecule has 9 aromatic rings. The molecule has 9 rings (SSSR count). The van der Waals surface area contributed by atoms with Gasteiger partial charge in [0, 0.05) is 44.7 Å². The summed E-state index contributed by atoms with van der Waals surface area (Å²) in [6, 6.07) is 50.7. The maximum Gasteiger partial charge on any atom is 0.139 e. The van der Waals surface area contributed by atoms with Crippen molar-refractivity contribution in [2.45, 2.75) is 79.4 Å². The number of furan rings is 1. The van der Waals surface area contributed by atoms with Gasteiger partial charge in [-0.25, -0.2) is 0 Å². The van der Waals surface area contributed by atoms with Crippen molar-refractivity contribution in [2.75, 3.05) is 0 Å². The Labute approximate surface area is 389 Å². The number of aryl methyl sites for hydroxylation is 3. The van der Waals surface area contributed by atoms with Gasteiger partial charge in [0.2, 0.25) is 0 Å². The molecule has 0 saturated carbocycles. The van der Waals surface area contributed by atoms with E-state index in [2.05, 4.69) is 157 Å². The second-order valence-electron chi connectivity index (χ2n) is 18.2. The zero-order valence-electron chi connectivity index (χ0n) is 38.9. The van der Waals surface area contributed by atoms with E-state index < -0.39 is 14.0 Å². The van der Waals surface area contributed by atoms with Crippen LogP contribution in [0.3, 0.4) is 0 Å². The molecular weight excluding hydrogens is 963 g/mol. The average Bonchev–Trinajstić information content (AvgIpc) is 3.65. The largest absolute Gasteiger partial charge is 0.499 e. The molecule has 0 aliphatic carbocycles. The van der Waals surface area contributed by atoms with Crippen molar-refractivity contribution in [1.29, 1.82) is 0 Å². The maximum atomic E-state index is 8.61. The van der Waals surface area contributed by atoms with E-state index in [4.69, 9.17) is 20.7 Å².